The number of rotatable bonds is 6. The minimum Gasteiger partial charge on any atom is -0.481 e. The largest absolute Gasteiger partial charge is 0.481 e. The van der Waals surface area contributed by atoms with Gasteiger partial charge in [0.2, 0.25) is 5.91 Å². The number of hydrogen-bond acceptors (Lipinski definition) is 2. The molecule has 4 nitrogen and oxygen atoms in total. The zero-order valence-corrected chi connectivity index (χ0v) is 10.3. The molecule has 1 aromatic rings. The van der Waals surface area contributed by atoms with Crippen LogP contribution in [0, 0.1) is 5.82 Å². The Balaban J connectivity index is 2.37. The van der Waals surface area contributed by atoms with Crippen molar-refractivity contribution in [3.8, 4) is 0 Å². The molecule has 0 heterocycles. The van der Waals surface area contributed by atoms with E-state index in [4.69, 9.17) is 16.7 Å². The van der Waals surface area contributed by atoms with Crippen LogP contribution in [0.4, 0.5) is 10.1 Å². The number of benzene rings is 1. The molecular weight excluding hydrogens is 261 g/mol. The van der Waals surface area contributed by atoms with E-state index in [1.54, 1.807) is 0 Å². The summed E-state index contributed by atoms with van der Waals surface area (Å²) < 4.78 is 13.0. The monoisotopic (exact) mass is 273 g/mol. The van der Waals surface area contributed by atoms with Gasteiger partial charge in [0.25, 0.3) is 0 Å². The maximum absolute atomic E-state index is 13.0. The van der Waals surface area contributed by atoms with Crippen molar-refractivity contribution in [3.05, 3.63) is 29.0 Å². The molecule has 1 rings (SSSR count). The van der Waals surface area contributed by atoms with Crippen molar-refractivity contribution in [2.24, 2.45) is 0 Å². The van der Waals surface area contributed by atoms with Crippen molar-refractivity contribution in [1.82, 2.24) is 0 Å². The first-order valence-corrected chi connectivity index (χ1v) is 5.83. The second-order valence-corrected chi connectivity index (χ2v) is 4.24. The zero-order chi connectivity index (χ0) is 13.5. The lowest BCUT2D eigenvalue weighted by Gasteiger charge is -2.05. The van der Waals surface area contributed by atoms with Crippen LogP contribution in [0.2, 0.25) is 5.02 Å². The van der Waals surface area contributed by atoms with E-state index in [1.807, 2.05) is 0 Å². The summed E-state index contributed by atoms with van der Waals surface area (Å²) >= 11 is 5.64. The van der Waals surface area contributed by atoms with Crippen molar-refractivity contribution >= 4 is 29.2 Å². The molecular formula is C12H13ClFNO3. The van der Waals surface area contributed by atoms with Crippen molar-refractivity contribution < 1.29 is 19.1 Å². The highest BCUT2D eigenvalue weighted by Gasteiger charge is 2.05. The molecule has 0 saturated carbocycles. The molecule has 0 unspecified atom stereocenters. The molecule has 98 valence electrons. The first-order chi connectivity index (χ1) is 8.47. The Hall–Kier alpha value is -1.62. The molecule has 0 aliphatic heterocycles. The third-order valence-electron chi connectivity index (χ3n) is 2.19. The van der Waals surface area contributed by atoms with Gasteiger partial charge in [-0.25, -0.2) is 4.39 Å². The molecule has 0 spiro atoms. The third-order valence-corrected chi connectivity index (χ3v) is 2.41. The Morgan fingerprint density at radius 1 is 1.22 bits per heavy atom. The van der Waals surface area contributed by atoms with Crippen molar-refractivity contribution in [1.29, 1.82) is 0 Å². The van der Waals surface area contributed by atoms with Crippen molar-refractivity contribution in [3.63, 3.8) is 0 Å². The van der Waals surface area contributed by atoms with E-state index in [1.165, 1.54) is 12.1 Å². The lowest BCUT2D eigenvalue weighted by Crippen LogP contribution is -2.11. The quantitative estimate of drug-likeness (QED) is 0.783. The van der Waals surface area contributed by atoms with Gasteiger partial charge in [0.1, 0.15) is 5.82 Å². The topological polar surface area (TPSA) is 66.4 Å². The highest BCUT2D eigenvalue weighted by molar-refractivity contribution is 6.30. The standard InChI is InChI=1S/C12H13ClFNO3/c13-8-5-9(14)7-10(6-8)15-11(16)3-1-2-4-12(17)18/h5-7H,1-4H2,(H,15,16)(H,17,18). The van der Waals surface area contributed by atoms with Crippen molar-refractivity contribution in [2.45, 2.75) is 25.7 Å². The van der Waals surface area contributed by atoms with Crippen LogP contribution in [0.5, 0.6) is 0 Å². The molecule has 0 saturated heterocycles. The van der Waals surface area contributed by atoms with Gasteiger partial charge in [-0.15, -0.1) is 0 Å². The Labute approximate surface area is 109 Å². The molecule has 1 aromatic carbocycles. The summed E-state index contributed by atoms with van der Waals surface area (Å²) in [5.74, 6) is -1.70. The zero-order valence-electron chi connectivity index (χ0n) is 9.58. The second-order valence-electron chi connectivity index (χ2n) is 3.81. The Bertz CT molecular complexity index is 431. The van der Waals surface area contributed by atoms with E-state index in [9.17, 15) is 14.0 Å². The van der Waals surface area contributed by atoms with Crippen LogP contribution in [0.15, 0.2) is 18.2 Å². The van der Waals surface area contributed by atoms with Crippen LogP contribution in [-0.4, -0.2) is 17.0 Å². The summed E-state index contributed by atoms with van der Waals surface area (Å²) in [4.78, 5) is 21.7. The highest BCUT2D eigenvalue weighted by atomic mass is 35.5. The molecule has 6 heteroatoms. The average molecular weight is 274 g/mol. The van der Waals surface area contributed by atoms with Gasteiger partial charge in [-0.2, -0.15) is 0 Å². The summed E-state index contributed by atoms with van der Waals surface area (Å²) in [5.41, 5.74) is 0.295. The highest BCUT2D eigenvalue weighted by Crippen LogP contribution is 2.18. The Morgan fingerprint density at radius 3 is 2.50 bits per heavy atom. The fourth-order valence-electron chi connectivity index (χ4n) is 1.41. The van der Waals surface area contributed by atoms with Crippen LogP contribution < -0.4 is 5.32 Å². The number of hydrogen-bond donors (Lipinski definition) is 2. The molecule has 18 heavy (non-hydrogen) atoms. The van der Waals surface area contributed by atoms with E-state index >= 15 is 0 Å². The molecule has 0 aromatic heterocycles. The van der Waals surface area contributed by atoms with Gasteiger partial charge in [-0.05, 0) is 31.0 Å². The summed E-state index contributed by atoms with van der Waals surface area (Å²) in [7, 11) is 0. The van der Waals surface area contributed by atoms with Gasteiger partial charge in [0.05, 0.1) is 0 Å². The first kappa shape index (κ1) is 14.4. The molecule has 0 aliphatic rings. The fraction of sp³-hybridized carbons (Fsp3) is 0.333. The van der Waals surface area contributed by atoms with Crippen LogP contribution in [-0.2, 0) is 9.59 Å². The molecule has 0 aliphatic carbocycles. The summed E-state index contributed by atoms with van der Waals surface area (Å²) in [5, 5.41) is 11.1. The van der Waals surface area contributed by atoms with E-state index < -0.39 is 11.8 Å². The molecule has 0 fully saturated rings. The normalized spacial score (nSPS) is 10.1. The number of amides is 1. The van der Waals surface area contributed by atoms with Gasteiger partial charge in [-0.1, -0.05) is 11.6 Å². The third kappa shape index (κ3) is 5.63. The molecule has 0 bridgehead atoms. The van der Waals surface area contributed by atoms with Crippen LogP contribution in [0.1, 0.15) is 25.7 Å². The van der Waals surface area contributed by atoms with Gasteiger partial charge in [0.15, 0.2) is 0 Å². The minimum atomic E-state index is -0.882. The summed E-state index contributed by atoms with van der Waals surface area (Å²) in [6.07, 6.45) is 1.15. The van der Waals surface area contributed by atoms with Crippen LogP contribution in [0.3, 0.4) is 0 Å². The summed E-state index contributed by atoms with van der Waals surface area (Å²) in [6.45, 7) is 0. The predicted molar refractivity (Wildman–Crippen MR) is 66.1 cm³/mol. The molecule has 1 amide bonds. The summed E-state index contributed by atoms with van der Waals surface area (Å²) in [6, 6.07) is 3.75. The number of aliphatic carboxylic acids is 1. The van der Waals surface area contributed by atoms with Gasteiger partial charge in [0, 0.05) is 23.6 Å². The number of carboxylic acids is 1. The van der Waals surface area contributed by atoms with E-state index in [0.29, 0.717) is 18.5 Å². The lowest BCUT2D eigenvalue weighted by molar-refractivity contribution is -0.137. The smallest absolute Gasteiger partial charge is 0.303 e. The first-order valence-electron chi connectivity index (χ1n) is 5.45. The number of nitrogens with one attached hydrogen (secondary N) is 1. The molecule has 0 atom stereocenters. The Morgan fingerprint density at radius 2 is 1.89 bits per heavy atom. The van der Waals surface area contributed by atoms with Gasteiger partial charge in [-0.3, -0.25) is 9.59 Å². The number of carbonyl (C=O) groups excluding carboxylic acids is 1. The van der Waals surface area contributed by atoms with Crippen LogP contribution in [0.25, 0.3) is 0 Å². The molecule has 0 radical (unpaired) electrons. The van der Waals surface area contributed by atoms with E-state index in [-0.39, 0.29) is 23.8 Å². The number of halogens is 2. The van der Waals surface area contributed by atoms with Crippen molar-refractivity contribution in [2.75, 3.05) is 5.32 Å². The Kier molecular flexibility index (Phi) is 5.58. The van der Waals surface area contributed by atoms with Gasteiger partial charge < -0.3 is 10.4 Å². The molecule has 2 N–H and O–H groups in total. The predicted octanol–water partition coefficient (Wildman–Crippen LogP) is 3.06. The maximum atomic E-state index is 13.0. The second kappa shape index (κ2) is 6.96. The average Bonchev–Trinajstić information content (AvgIpc) is 2.22. The van der Waals surface area contributed by atoms with E-state index in [0.717, 1.165) is 6.07 Å². The number of unbranched alkanes of at least 4 members (excludes halogenated alkanes) is 1. The van der Waals surface area contributed by atoms with Crippen LogP contribution >= 0.6 is 11.6 Å². The number of carbonyl (C=O) groups is 2. The number of carboxylic acid groups (broad SMARTS) is 1. The number of anilines is 1. The lowest BCUT2D eigenvalue weighted by atomic mass is 10.2. The van der Waals surface area contributed by atoms with E-state index in [2.05, 4.69) is 5.32 Å². The maximum Gasteiger partial charge on any atom is 0.303 e. The SMILES string of the molecule is O=C(O)CCCCC(=O)Nc1cc(F)cc(Cl)c1. The fourth-order valence-corrected chi connectivity index (χ4v) is 1.63. The minimum absolute atomic E-state index is 0.0407. The van der Waals surface area contributed by atoms with Gasteiger partial charge >= 0.3 is 5.97 Å².